The highest BCUT2D eigenvalue weighted by atomic mass is 15.0. The van der Waals surface area contributed by atoms with Gasteiger partial charge in [-0.2, -0.15) is 0 Å². The van der Waals surface area contributed by atoms with Crippen LogP contribution in [0, 0.1) is 6.57 Å². The summed E-state index contributed by atoms with van der Waals surface area (Å²) in [7, 11) is 0. The van der Waals surface area contributed by atoms with Crippen LogP contribution in [0.1, 0.15) is 26.5 Å². The lowest BCUT2D eigenvalue weighted by atomic mass is 9.91. The predicted molar refractivity (Wildman–Crippen MR) is 93.0 cm³/mol. The van der Waals surface area contributed by atoms with Gasteiger partial charge in [0.2, 0.25) is 5.69 Å². The fourth-order valence-electron chi connectivity index (χ4n) is 2.91. The molecule has 4 heteroatoms. The molecule has 0 atom stereocenters. The summed E-state index contributed by atoms with van der Waals surface area (Å²) in [4.78, 5) is 13.1. The molecule has 3 heterocycles. The van der Waals surface area contributed by atoms with E-state index in [4.69, 9.17) is 11.6 Å². The van der Waals surface area contributed by atoms with Crippen LogP contribution in [0.4, 0.5) is 5.69 Å². The van der Waals surface area contributed by atoms with Crippen LogP contribution in [0.25, 0.3) is 32.3 Å². The van der Waals surface area contributed by atoms with E-state index in [9.17, 15) is 0 Å². The van der Waals surface area contributed by atoms with Crippen LogP contribution in [-0.4, -0.2) is 14.4 Å². The molecule has 0 radical (unpaired) electrons. The number of fused-ring (bicyclic) bond motifs is 5. The topological polar surface area (TPSA) is 34.5 Å². The van der Waals surface area contributed by atoms with Crippen molar-refractivity contribution in [1.29, 1.82) is 0 Å². The minimum Gasteiger partial charge on any atom is -0.308 e. The van der Waals surface area contributed by atoms with Gasteiger partial charge in [0.25, 0.3) is 0 Å². The van der Waals surface area contributed by atoms with Crippen molar-refractivity contribution < 1.29 is 0 Å². The number of aromatic nitrogens is 3. The average molecular weight is 300 g/mol. The van der Waals surface area contributed by atoms with Crippen molar-refractivity contribution in [3.8, 4) is 0 Å². The van der Waals surface area contributed by atoms with E-state index in [2.05, 4.69) is 36.7 Å². The third-order valence-electron chi connectivity index (χ3n) is 4.16. The first kappa shape index (κ1) is 13.7. The zero-order chi connectivity index (χ0) is 16.2. The van der Waals surface area contributed by atoms with Gasteiger partial charge < -0.3 is 4.40 Å². The summed E-state index contributed by atoms with van der Waals surface area (Å²) in [5.41, 5.74) is 4.35. The van der Waals surface area contributed by atoms with Crippen molar-refractivity contribution >= 4 is 33.1 Å². The molecule has 0 spiro atoms. The highest BCUT2D eigenvalue weighted by Gasteiger charge is 2.18. The minimum absolute atomic E-state index is 0.0201. The second kappa shape index (κ2) is 4.53. The van der Waals surface area contributed by atoms with Crippen molar-refractivity contribution in [2.24, 2.45) is 0 Å². The van der Waals surface area contributed by atoms with Crippen molar-refractivity contribution in [2.45, 2.75) is 26.2 Å². The van der Waals surface area contributed by atoms with Gasteiger partial charge in [-0.15, -0.1) is 0 Å². The van der Waals surface area contributed by atoms with Gasteiger partial charge in [-0.3, -0.25) is 4.98 Å². The summed E-state index contributed by atoms with van der Waals surface area (Å²) >= 11 is 0. The highest BCUT2D eigenvalue weighted by molar-refractivity contribution is 6.04. The standard InChI is InChI=1S/C19H16N4/c1-19(2,3)17-9-14-16(10-21-17)23-11-15(20-4)12-7-5-6-8-13(12)18(23)22-14/h5-11H,1-3H3. The summed E-state index contributed by atoms with van der Waals surface area (Å²) in [5.74, 6) is 0. The van der Waals surface area contributed by atoms with Crippen LogP contribution in [0.3, 0.4) is 0 Å². The Kier molecular flexibility index (Phi) is 2.70. The van der Waals surface area contributed by atoms with Crippen LogP contribution >= 0.6 is 0 Å². The first-order valence-corrected chi connectivity index (χ1v) is 7.56. The van der Waals surface area contributed by atoms with Gasteiger partial charge in [0.05, 0.1) is 23.8 Å². The summed E-state index contributed by atoms with van der Waals surface area (Å²) in [5, 5.41) is 1.93. The second-order valence-electron chi connectivity index (χ2n) is 6.79. The van der Waals surface area contributed by atoms with Crippen molar-refractivity contribution in [2.75, 3.05) is 0 Å². The largest absolute Gasteiger partial charge is 0.308 e. The Morgan fingerprint density at radius 1 is 1.13 bits per heavy atom. The monoisotopic (exact) mass is 300 g/mol. The number of pyridine rings is 2. The van der Waals surface area contributed by atoms with Crippen molar-refractivity contribution in [1.82, 2.24) is 14.4 Å². The van der Waals surface area contributed by atoms with Crippen LogP contribution in [0.2, 0.25) is 0 Å². The Balaban J connectivity index is 2.17. The summed E-state index contributed by atoms with van der Waals surface area (Å²) in [6.07, 6.45) is 3.72. The summed E-state index contributed by atoms with van der Waals surface area (Å²) < 4.78 is 1.98. The molecule has 0 N–H and O–H groups in total. The molecule has 1 aromatic carbocycles. The van der Waals surface area contributed by atoms with Crippen LogP contribution in [0.15, 0.2) is 42.7 Å². The van der Waals surface area contributed by atoms with Crippen LogP contribution in [-0.2, 0) is 5.41 Å². The Bertz CT molecular complexity index is 1110. The second-order valence-corrected chi connectivity index (χ2v) is 6.79. The molecule has 0 unspecified atom stereocenters. The highest BCUT2D eigenvalue weighted by Crippen LogP contribution is 2.32. The molecule has 112 valence electrons. The zero-order valence-electron chi connectivity index (χ0n) is 13.3. The van der Waals surface area contributed by atoms with E-state index in [-0.39, 0.29) is 5.41 Å². The molecule has 0 fully saturated rings. The Hall–Kier alpha value is -2.93. The molecule has 0 bridgehead atoms. The maximum Gasteiger partial charge on any atom is 0.211 e. The molecule has 0 aliphatic rings. The first-order valence-electron chi connectivity index (χ1n) is 7.56. The van der Waals surface area contributed by atoms with Gasteiger partial charge in [0.15, 0.2) is 0 Å². The molecule has 0 aliphatic heterocycles. The van der Waals surface area contributed by atoms with E-state index in [1.54, 1.807) is 0 Å². The molecular weight excluding hydrogens is 284 g/mol. The van der Waals surface area contributed by atoms with Gasteiger partial charge in [-0.25, -0.2) is 9.83 Å². The van der Waals surface area contributed by atoms with Crippen LogP contribution in [0.5, 0.6) is 0 Å². The molecule has 4 rings (SSSR count). The van der Waals surface area contributed by atoms with E-state index in [1.807, 2.05) is 41.1 Å². The lowest BCUT2D eigenvalue weighted by Crippen LogP contribution is -2.13. The summed E-state index contributed by atoms with van der Waals surface area (Å²) in [6, 6.07) is 9.97. The van der Waals surface area contributed by atoms with Crippen molar-refractivity contribution in [3.05, 3.63) is 59.8 Å². The maximum absolute atomic E-state index is 7.45. The van der Waals surface area contributed by atoms with E-state index < -0.39 is 0 Å². The fraction of sp³-hybridized carbons (Fsp3) is 0.211. The molecule has 0 saturated heterocycles. The normalized spacial score (nSPS) is 12.1. The smallest absolute Gasteiger partial charge is 0.211 e. The number of hydrogen-bond donors (Lipinski definition) is 0. The van der Waals surface area contributed by atoms with Crippen molar-refractivity contribution in [3.63, 3.8) is 0 Å². The molecular formula is C19H16N4. The van der Waals surface area contributed by atoms with Gasteiger partial charge >= 0.3 is 0 Å². The quantitative estimate of drug-likeness (QED) is 0.434. The molecule has 0 amide bonds. The van der Waals surface area contributed by atoms with Gasteiger partial charge in [0.1, 0.15) is 5.65 Å². The minimum atomic E-state index is -0.0201. The molecule has 0 saturated carbocycles. The predicted octanol–water partition coefficient (Wildman–Crippen LogP) is 4.88. The molecule has 3 aromatic heterocycles. The van der Waals surface area contributed by atoms with Gasteiger partial charge in [-0.05, 0) is 11.5 Å². The Labute approximate surface area is 134 Å². The maximum atomic E-state index is 7.45. The number of benzene rings is 1. The third-order valence-corrected chi connectivity index (χ3v) is 4.16. The number of nitrogens with zero attached hydrogens (tertiary/aromatic N) is 4. The Morgan fingerprint density at radius 3 is 2.57 bits per heavy atom. The average Bonchev–Trinajstić information content (AvgIpc) is 2.91. The first-order chi connectivity index (χ1) is 11.0. The van der Waals surface area contributed by atoms with Gasteiger partial charge in [-0.1, -0.05) is 45.0 Å². The Morgan fingerprint density at radius 2 is 1.87 bits per heavy atom. The SMILES string of the molecule is [C-]#[N+]c1cn2c3cnc(C(C)(C)C)cc3nc2c2ccccc12. The summed E-state index contributed by atoms with van der Waals surface area (Å²) in [6.45, 7) is 13.9. The lowest BCUT2D eigenvalue weighted by Gasteiger charge is -2.16. The number of rotatable bonds is 0. The molecule has 23 heavy (non-hydrogen) atoms. The zero-order valence-corrected chi connectivity index (χ0v) is 13.3. The lowest BCUT2D eigenvalue weighted by molar-refractivity contribution is 0.570. The molecule has 0 aliphatic carbocycles. The fourth-order valence-corrected chi connectivity index (χ4v) is 2.91. The number of imidazole rings is 1. The third kappa shape index (κ3) is 1.97. The molecule has 4 nitrogen and oxygen atoms in total. The van der Waals surface area contributed by atoms with E-state index >= 15 is 0 Å². The number of hydrogen-bond acceptors (Lipinski definition) is 2. The van der Waals surface area contributed by atoms with E-state index in [0.717, 1.165) is 33.1 Å². The van der Waals surface area contributed by atoms with Gasteiger partial charge in [0, 0.05) is 22.7 Å². The van der Waals surface area contributed by atoms with Crippen LogP contribution < -0.4 is 0 Å². The van der Waals surface area contributed by atoms with E-state index in [0.29, 0.717) is 5.69 Å². The van der Waals surface area contributed by atoms with E-state index in [1.165, 1.54) is 0 Å². The molecule has 4 aromatic rings.